The van der Waals surface area contributed by atoms with Crippen LogP contribution in [0.15, 0.2) is 6.07 Å². The Morgan fingerprint density at radius 2 is 2.25 bits per heavy atom. The summed E-state index contributed by atoms with van der Waals surface area (Å²) in [6, 6.07) is 1.68. The summed E-state index contributed by atoms with van der Waals surface area (Å²) in [5.41, 5.74) is 5.47. The van der Waals surface area contributed by atoms with Gasteiger partial charge in [0.25, 0.3) is 0 Å². The number of hydrogen-bond donors (Lipinski definition) is 4. The zero-order chi connectivity index (χ0) is 11.4. The van der Waals surface area contributed by atoms with E-state index in [0.717, 1.165) is 18.7 Å². The molecule has 2 aromatic rings. The molecule has 9 nitrogen and oxygen atoms in total. The lowest BCUT2D eigenvalue weighted by Gasteiger charge is -2.14. The molecule has 2 heterocycles. The van der Waals surface area contributed by atoms with Crippen LogP contribution in [-0.2, 0) is 6.42 Å². The van der Waals surface area contributed by atoms with E-state index in [9.17, 15) is 0 Å². The van der Waals surface area contributed by atoms with Crippen LogP contribution in [-0.4, -0.2) is 37.4 Å². The average Bonchev–Trinajstić information content (AvgIpc) is 2.89. The summed E-state index contributed by atoms with van der Waals surface area (Å²) in [7, 11) is 0. The van der Waals surface area contributed by atoms with Crippen molar-refractivity contribution >= 4 is 11.6 Å². The van der Waals surface area contributed by atoms with Gasteiger partial charge in [-0.25, -0.2) is 10.9 Å². The Morgan fingerprint density at radius 3 is 2.88 bits per heavy atom. The molecular weight excluding hydrogens is 210 g/mol. The van der Waals surface area contributed by atoms with E-state index < -0.39 is 0 Å². The van der Waals surface area contributed by atoms with Crippen LogP contribution in [0.1, 0.15) is 12.2 Å². The quantitative estimate of drug-likeness (QED) is 0.369. The van der Waals surface area contributed by atoms with Crippen LogP contribution in [0.25, 0.3) is 0 Å². The number of aryl methyl sites for hydroxylation is 1. The van der Waals surface area contributed by atoms with E-state index in [1.165, 1.54) is 0 Å². The molecule has 0 bridgehead atoms. The van der Waals surface area contributed by atoms with Crippen molar-refractivity contribution in [2.24, 2.45) is 5.84 Å². The molecular formula is C7H13N9. The fourth-order valence-electron chi connectivity index (χ4n) is 1.30. The molecule has 0 aromatic carbocycles. The van der Waals surface area contributed by atoms with Gasteiger partial charge in [-0.2, -0.15) is 5.10 Å². The molecule has 0 unspecified atom stereocenters. The lowest BCUT2D eigenvalue weighted by atomic mass is 10.3. The molecule has 86 valence electrons. The summed E-state index contributed by atoms with van der Waals surface area (Å²) >= 11 is 0. The Balaban J connectivity index is 1.78. The summed E-state index contributed by atoms with van der Waals surface area (Å²) in [5.74, 6) is 7.65. The Morgan fingerprint density at radius 1 is 1.38 bits per heavy atom. The highest BCUT2D eigenvalue weighted by Gasteiger charge is 2.05. The van der Waals surface area contributed by atoms with Gasteiger partial charge < -0.3 is 5.73 Å². The first-order valence-corrected chi connectivity index (χ1v) is 4.81. The topological polar surface area (TPSA) is 138 Å². The van der Waals surface area contributed by atoms with Crippen molar-refractivity contribution in [3.8, 4) is 0 Å². The number of aromatic nitrogens is 6. The molecule has 0 aliphatic rings. The van der Waals surface area contributed by atoms with E-state index in [0.29, 0.717) is 18.2 Å². The molecule has 9 heteroatoms. The molecule has 2 rings (SSSR count). The highest BCUT2D eigenvalue weighted by Crippen LogP contribution is 2.10. The van der Waals surface area contributed by atoms with Crippen molar-refractivity contribution in [3.05, 3.63) is 11.9 Å². The van der Waals surface area contributed by atoms with Gasteiger partial charge in [0.15, 0.2) is 0 Å². The normalized spacial score (nSPS) is 10.6. The second-order valence-electron chi connectivity index (χ2n) is 3.32. The zero-order valence-electron chi connectivity index (χ0n) is 8.59. The predicted molar refractivity (Wildman–Crippen MR) is 57.0 cm³/mol. The number of hydrogen-bond acceptors (Lipinski definition) is 7. The van der Waals surface area contributed by atoms with Crippen molar-refractivity contribution in [1.29, 1.82) is 0 Å². The summed E-state index contributed by atoms with van der Waals surface area (Å²) in [4.78, 5) is 0. The van der Waals surface area contributed by atoms with Gasteiger partial charge >= 0.3 is 0 Å². The first-order chi connectivity index (χ1) is 7.75. The van der Waals surface area contributed by atoms with Crippen molar-refractivity contribution in [2.75, 3.05) is 17.3 Å². The number of aromatic amines is 2. The zero-order valence-corrected chi connectivity index (χ0v) is 8.59. The Kier molecular flexibility index (Phi) is 2.96. The second-order valence-corrected chi connectivity index (χ2v) is 3.32. The van der Waals surface area contributed by atoms with Gasteiger partial charge in [-0.1, -0.05) is 0 Å². The minimum atomic E-state index is 0.421. The third-order valence-corrected chi connectivity index (χ3v) is 2.10. The molecule has 0 fully saturated rings. The Labute approximate surface area is 91.2 Å². The number of H-pyrrole nitrogens is 2. The highest BCUT2D eigenvalue weighted by molar-refractivity contribution is 5.45. The predicted octanol–water partition coefficient (Wildman–Crippen LogP) is -1.18. The third kappa shape index (κ3) is 2.45. The second kappa shape index (κ2) is 4.57. The van der Waals surface area contributed by atoms with Crippen molar-refractivity contribution in [1.82, 2.24) is 30.8 Å². The van der Waals surface area contributed by atoms with Gasteiger partial charge in [-0.05, 0) is 16.8 Å². The van der Waals surface area contributed by atoms with E-state index in [4.69, 9.17) is 11.6 Å². The van der Waals surface area contributed by atoms with Gasteiger partial charge in [0.2, 0.25) is 0 Å². The van der Waals surface area contributed by atoms with Crippen molar-refractivity contribution in [3.63, 3.8) is 0 Å². The summed E-state index contributed by atoms with van der Waals surface area (Å²) in [6.45, 7) is 0.655. The third-order valence-electron chi connectivity index (χ3n) is 2.10. The molecule has 2 aromatic heterocycles. The minimum absolute atomic E-state index is 0.421. The van der Waals surface area contributed by atoms with Gasteiger partial charge in [0.05, 0.1) is 0 Å². The van der Waals surface area contributed by atoms with Crippen LogP contribution in [0.2, 0.25) is 0 Å². The molecule has 0 atom stereocenters. The molecule has 0 spiro atoms. The van der Waals surface area contributed by atoms with Gasteiger partial charge in [-0.15, -0.1) is 5.10 Å². The number of tetrazole rings is 1. The van der Waals surface area contributed by atoms with Gasteiger partial charge in [0.1, 0.15) is 17.5 Å². The molecule has 0 aliphatic heterocycles. The number of rotatable bonds is 5. The standard InChI is InChI=1S/C7H13N9/c8-5-4-7(13-10-5)16(9)3-1-2-6-11-14-15-12-6/h4H,1-3,9H2,(H3,8,10,13)(H,11,12,14,15). The maximum Gasteiger partial charge on any atom is 0.148 e. The molecule has 0 radical (unpaired) electrons. The highest BCUT2D eigenvalue weighted by atomic mass is 15.5. The molecule has 6 N–H and O–H groups in total. The van der Waals surface area contributed by atoms with Crippen LogP contribution in [0.3, 0.4) is 0 Å². The molecule has 0 aliphatic carbocycles. The number of nitrogens with two attached hydrogens (primary N) is 2. The molecule has 0 saturated heterocycles. The van der Waals surface area contributed by atoms with E-state index in [2.05, 4.69) is 30.8 Å². The van der Waals surface area contributed by atoms with Gasteiger partial charge in [0, 0.05) is 19.0 Å². The lowest BCUT2D eigenvalue weighted by molar-refractivity contribution is 0.720. The summed E-state index contributed by atoms with van der Waals surface area (Å²) in [5, 5.41) is 21.5. The molecule has 16 heavy (non-hydrogen) atoms. The summed E-state index contributed by atoms with van der Waals surface area (Å²) in [6.07, 6.45) is 1.57. The van der Waals surface area contributed by atoms with Crippen LogP contribution < -0.4 is 16.6 Å². The fourth-order valence-corrected chi connectivity index (χ4v) is 1.30. The fraction of sp³-hybridized carbons (Fsp3) is 0.429. The number of anilines is 2. The van der Waals surface area contributed by atoms with E-state index in [1.807, 2.05) is 0 Å². The number of nitrogens with zero attached hydrogens (tertiary/aromatic N) is 5. The summed E-state index contributed by atoms with van der Waals surface area (Å²) < 4.78 is 0. The Hall–Kier alpha value is -2.16. The SMILES string of the molecule is Nc1cc(N(N)CCCc2nnn[nH]2)[nH]n1. The van der Waals surface area contributed by atoms with Crippen LogP contribution in [0.4, 0.5) is 11.6 Å². The van der Waals surface area contributed by atoms with E-state index in [-0.39, 0.29) is 0 Å². The lowest BCUT2D eigenvalue weighted by Crippen LogP contribution is -2.32. The Bertz CT molecular complexity index is 419. The monoisotopic (exact) mass is 223 g/mol. The first kappa shape index (κ1) is 10.4. The van der Waals surface area contributed by atoms with Crippen LogP contribution in [0, 0.1) is 0 Å². The minimum Gasteiger partial charge on any atom is -0.382 e. The molecule has 0 saturated carbocycles. The molecule has 0 amide bonds. The maximum atomic E-state index is 5.79. The van der Waals surface area contributed by atoms with Crippen molar-refractivity contribution in [2.45, 2.75) is 12.8 Å². The maximum absolute atomic E-state index is 5.79. The van der Waals surface area contributed by atoms with E-state index >= 15 is 0 Å². The smallest absolute Gasteiger partial charge is 0.148 e. The number of nitrogen functional groups attached to an aromatic ring is 1. The van der Waals surface area contributed by atoms with E-state index in [1.54, 1.807) is 11.1 Å². The largest absolute Gasteiger partial charge is 0.382 e. The van der Waals surface area contributed by atoms with Gasteiger partial charge in [-0.3, -0.25) is 10.1 Å². The average molecular weight is 223 g/mol. The van der Waals surface area contributed by atoms with Crippen LogP contribution >= 0.6 is 0 Å². The number of hydrazine groups is 1. The number of nitrogens with one attached hydrogen (secondary N) is 2. The van der Waals surface area contributed by atoms with Crippen molar-refractivity contribution < 1.29 is 0 Å². The van der Waals surface area contributed by atoms with Crippen LogP contribution in [0.5, 0.6) is 0 Å². The first-order valence-electron chi connectivity index (χ1n) is 4.81.